The highest BCUT2D eigenvalue weighted by Crippen LogP contribution is 2.67. The SMILES string of the molecule is C[Si](C)(C)CC(C1C=Cc2ccccc21)(C1C=Cc2ccccc21)[Si](C)(C)C. The number of allylic oxidation sites excluding steroid dienone is 2. The van der Waals surface area contributed by atoms with Crippen molar-refractivity contribution in [3.8, 4) is 0 Å². The Kier molecular flexibility index (Phi) is 4.71. The van der Waals surface area contributed by atoms with Gasteiger partial charge in [0.25, 0.3) is 0 Å². The summed E-state index contributed by atoms with van der Waals surface area (Å²) in [6.45, 7) is 15.6. The highest BCUT2D eigenvalue weighted by molar-refractivity contribution is 6.84. The molecule has 2 heteroatoms. The van der Waals surface area contributed by atoms with Crippen LogP contribution in [-0.2, 0) is 0 Å². The molecule has 0 aromatic heterocycles. The molecule has 0 N–H and O–H groups in total. The first kappa shape index (κ1) is 19.7. The standard InChI is InChI=1S/C26H34Si2/c1-27(2,3)19-26(28(4,5)6,24-17-15-20-11-7-9-13-22(20)24)25-18-16-21-12-8-10-14-23(21)25/h7-18,24-25H,19H2,1-6H3. The zero-order valence-electron chi connectivity index (χ0n) is 18.3. The molecular weight excluding hydrogens is 368 g/mol. The Labute approximate surface area is 173 Å². The third-order valence-corrected chi connectivity index (χ3v) is 12.5. The quantitative estimate of drug-likeness (QED) is 0.444. The molecule has 28 heavy (non-hydrogen) atoms. The molecule has 2 aromatic carbocycles. The summed E-state index contributed by atoms with van der Waals surface area (Å²) in [6, 6.07) is 19.6. The van der Waals surface area contributed by atoms with Crippen LogP contribution in [0.3, 0.4) is 0 Å². The summed E-state index contributed by atoms with van der Waals surface area (Å²) in [4.78, 5) is 0. The maximum Gasteiger partial charge on any atom is 0.0525 e. The fraction of sp³-hybridized carbons (Fsp3) is 0.385. The minimum atomic E-state index is -1.58. The summed E-state index contributed by atoms with van der Waals surface area (Å²) in [7, 11) is -2.89. The molecule has 0 radical (unpaired) electrons. The number of benzene rings is 2. The van der Waals surface area contributed by atoms with Crippen LogP contribution in [0.25, 0.3) is 12.2 Å². The molecule has 0 spiro atoms. The van der Waals surface area contributed by atoms with Crippen molar-refractivity contribution in [2.24, 2.45) is 0 Å². The molecule has 2 atom stereocenters. The number of hydrogen-bond acceptors (Lipinski definition) is 0. The van der Waals surface area contributed by atoms with Gasteiger partial charge >= 0.3 is 0 Å². The van der Waals surface area contributed by atoms with Crippen LogP contribution in [-0.4, -0.2) is 16.1 Å². The Bertz CT molecular complexity index is 876. The Morgan fingerprint density at radius 2 is 1.11 bits per heavy atom. The van der Waals surface area contributed by atoms with E-state index < -0.39 is 16.1 Å². The largest absolute Gasteiger partial charge is 0.0761 e. The van der Waals surface area contributed by atoms with Crippen LogP contribution in [0.1, 0.15) is 34.1 Å². The summed E-state index contributed by atoms with van der Waals surface area (Å²) in [6.07, 6.45) is 9.89. The van der Waals surface area contributed by atoms with E-state index >= 15 is 0 Å². The monoisotopic (exact) mass is 402 g/mol. The Hall–Kier alpha value is -1.65. The molecule has 2 unspecified atom stereocenters. The van der Waals surface area contributed by atoms with Gasteiger partial charge in [0, 0.05) is 19.9 Å². The lowest BCUT2D eigenvalue weighted by Gasteiger charge is -2.54. The fourth-order valence-electron chi connectivity index (χ4n) is 5.89. The molecule has 0 nitrogen and oxygen atoms in total. The summed E-state index contributed by atoms with van der Waals surface area (Å²) < 4.78 is 0. The van der Waals surface area contributed by atoms with Crippen molar-refractivity contribution in [3.05, 3.63) is 82.9 Å². The summed E-state index contributed by atoms with van der Waals surface area (Å²) >= 11 is 0. The molecule has 146 valence electrons. The highest BCUT2D eigenvalue weighted by Gasteiger charge is 2.56. The molecule has 4 rings (SSSR count). The zero-order valence-corrected chi connectivity index (χ0v) is 20.3. The van der Waals surface area contributed by atoms with Gasteiger partial charge in [-0.3, -0.25) is 0 Å². The first-order chi connectivity index (χ1) is 13.1. The third kappa shape index (κ3) is 3.11. The maximum absolute atomic E-state index is 2.62. The van der Waals surface area contributed by atoms with Crippen molar-refractivity contribution < 1.29 is 0 Å². The Morgan fingerprint density at radius 1 is 0.679 bits per heavy atom. The summed E-state index contributed by atoms with van der Waals surface area (Å²) in [5.41, 5.74) is 5.98. The van der Waals surface area contributed by atoms with Crippen LogP contribution < -0.4 is 0 Å². The van der Waals surface area contributed by atoms with Crippen molar-refractivity contribution in [2.75, 3.05) is 0 Å². The lowest BCUT2D eigenvalue weighted by molar-refractivity contribution is 0.478. The van der Waals surface area contributed by atoms with Gasteiger partial charge < -0.3 is 0 Å². The van der Waals surface area contributed by atoms with Crippen LogP contribution in [0, 0.1) is 0 Å². The topological polar surface area (TPSA) is 0 Å². The minimum Gasteiger partial charge on any atom is -0.0761 e. The Balaban J connectivity index is 1.97. The van der Waals surface area contributed by atoms with Crippen molar-refractivity contribution in [2.45, 2.75) is 62.2 Å². The highest BCUT2D eigenvalue weighted by atomic mass is 28.3. The molecular formula is C26H34Si2. The minimum absolute atomic E-state index is 0.295. The molecule has 0 saturated carbocycles. The molecule has 0 saturated heterocycles. The fourth-order valence-corrected chi connectivity index (χ4v) is 14.2. The zero-order chi connectivity index (χ0) is 20.2. The first-order valence-corrected chi connectivity index (χ1v) is 17.9. The van der Waals surface area contributed by atoms with Gasteiger partial charge in [-0.1, -0.05) is 118 Å². The van der Waals surface area contributed by atoms with Gasteiger partial charge in [0.2, 0.25) is 0 Å². The van der Waals surface area contributed by atoms with E-state index in [9.17, 15) is 0 Å². The van der Waals surface area contributed by atoms with E-state index in [1.165, 1.54) is 17.2 Å². The molecule has 0 amide bonds. The smallest absolute Gasteiger partial charge is 0.0525 e. The van der Waals surface area contributed by atoms with Gasteiger partial charge in [-0.2, -0.15) is 0 Å². The average molecular weight is 403 g/mol. The van der Waals surface area contributed by atoms with Crippen LogP contribution in [0.5, 0.6) is 0 Å². The lowest BCUT2D eigenvalue weighted by atomic mass is 9.76. The van der Waals surface area contributed by atoms with Crippen LogP contribution in [0.15, 0.2) is 60.7 Å². The van der Waals surface area contributed by atoms with E-state index in [0.29, 0.717) is 16.9 Å². The van der Waals surface area contributed by atoms with Crippen LogP contribution in [0.4, 0.5) is 0 Å². The van der Waals surface area contributed by atoms with E-state index in [0.717, 1.165) is 0 Å². The normalized spacial score (nSPS) is 22.8. The van der Waals surface area contributed by atoms with Gasteiger partial charge in [0.1, 0.15) is 0 Å². The van der Waals surface area contributed by atoms with Gasteiger partial charge in [0.15, 0.2) is 0 Å². The first-order valence-electron chi connectivity index (χ1n) is 10.7. The van der Waals surface area contributed by atoms with E-state index in [1.807, 2.05) is 0 Å². The van der Waals surface area contributed by atoms with E-state index in [-0.39, 0.29) is 0 Å². The maximum atomic E-state index is 2.62. The van der Waals surface area contributed by atoms with Crippen LogP contribution >= 0.6 is 0 Å². The second-order valence-corrected chi connectivity index (χ2v) is 21.9. The van der Waals surface area contributed by atoms with Gasteiger partial charge in [-0.05, 0) is 27.3 Å². The summed E-state index contributed by atoms with van der Waals surface area (Å²) in [5.74, 6) is 1.03. The van der Waals surface area contributed by atoms with E-state index in [1.54, 1.807) is 11.1 Å². The molecule has 0 bridgehead atoms. The van der Waals surface area contributed by atoms with E-state index in [2.05, 4.69) is 112 Å². The van der Waals surface area contributed by atoms with E-state index in [4.69, 9.17) is 0 Å². The van der Waals surface area contributed by atoms with Crippen molar-refractivity contribution in [3.63, 3.8) is 0 Å². The number of fused-ring (bicyclic) bond motifs is 2. The molecule has 2 aliphatic carbocycles. The van der Waals surface area contributed by atoms with Gasteiger partial charge in [0.05, 0.1) is 8.07 Å². The van der Waals surface area contributed by atoms with Crippen molar-refractivity contribution in [1.82, 2.24) is 0 Å². The predicted molar refractivity (Wildman–Crippen MR) is 131 cm³/mol. The second kappa shape index (κ2) is 6.71. The number of rotatable bonds is 5. The van der Waals surface area contributed by atoms with Gasteiger partial charge in [-0.15, -0.1) is 0 Å². The number of hydrogen-bond donors (Lipinski definition) is 0. The van der Waals surface area contributed by atoms with Crippen molar-refractivity contribution in [1.29, 1.82) is 0 Å². The Morgan fingerprint density at radius 3 is 1.50 bits per heavy atom. The van der Waals surface area contributed by atoms with Crippen molar-refractivity contribution >= 4 is 28.3 Å². The predicted octanol–water partition coefficient (Wildman–Crippen LogP) is 8.02. The molecule has 2 aliphatic rings. The average Bonchev–Trinajstić information content (AvgIpc) is 3.23. The second-order valence-electron chi connectivity index (χ2n) is 11.0. The molecule has 0 heterocycles. The van der Waals surface area contributed by atoms with Crippen LogP contribution in [0.2, 0.25) is 50.4 Å². The third-order valence-electron chi connectivity index (χ3n) is 6.93. The molecule has 2 aromatic rings. The summed E-state index contributed by atoms with van der Waals surface area (Å²) in [5, 5.41) is 0.295. The lowest BCUT2D eigenvalue weighted by Crippen LogP contribution is -2.50. The molecule has 0 aliphatic heterocycles. The molecule has 0 fully saturated rings. The van der Waals surface area contributed by atoms with Gasteiger partial charge in [-0.25, -0.2) is 0 Å².